The Bertz CT molecular complexity index is 213. The number of rotatable bonds is 9. The first-order chi connectivity index (χ1) is 7.93. The summed E-state index contributed by atoms with van der Waals surface area (Å²) in [6.45, 7) is 12.9. The molecule has 0 saturated heterocycles. The van der Waals surface area contributed by atoms with Crippen molar-refractivity contribution < 1.29 is 0 Å². The molecule has 0 amide bonds. The van der Waals surface area contributed by atoms with Gasteiger partial charge in [0.15, 0.2) is 0 Å². The van der Waals surface area contributed by atoms with Gasteiger partial charge in [0.05, 0.1) is 0 Å². The third-order valence-electron chi connectivity index (χ3n) is 4.00. The standard InChI is InChI=1S/C15H32N2/c1-6-8-12(4)14(16)10-9-13(5)15(17)11(3)7-2/h11-12,14-15H,5-10,16-17H2,1-4H3. The van der Waals surface area contributed by atoms with Gasteiger partial charge in [0.25, 0.3) is 0 Å². The van der Waals surface area contributed by atoms with Crippen molar-refractivity contribution in [2.24, 2.45) is 23.3 Å². The van der Waals surface area contributed by atoms with E-state index in [2.05, 4.69) is 34.3 Å². The molecule has 102 valence electrons. The van der Waals surface area contributed by atoms with Gasteiger partial charge in [-0.3, -0.25) is 0 Å². The molecular formula is C15H32N2. The predicted octanol–water partition coefficient (Wildman–Crippen LogP) is 3.46. The Hall–Kier alpha value is -0.340. The molecule has 0 aromatic rings. The molecular weight excluding hydrogens is 208 g/mol. The lowest BCUT2D eigenvalue weighted by Crippen LogP contribution is -2.32. The second-order valence-electron chi connectivity index (χ2n) is 5.54. The van der Waals surface area contributed by atoms with E-state index in [-0.39, 0.29) is 12.1 Å². The molecule has 0 saturated carbocycles. The zero-order valence-corrected chi connectivity index (χ0v) is 12.2. The summed E-state index contributed by atoms with van der Waals surface area (Å²) in [5.74, 6) is 1.12. The Morgan fingerprint density at radius 3 is 2.12 bits per heavy atom. The Morgan fingerprint density at radius 2 is 1.65 bits per heavy atom. The van der Waals surface area contributed by atoms with Gasteiger partial charge in [-0.1, -0.05) is 52.7 Å². The molecule has 0 aromatic heterocycles. The van der Waals surface area contributed by atoms with E-state index in [0.29, 0.717) is 11.8 Å². The second kappa shape index (κ2) is 8.71. The first kappa shape index (κ1) is 16.7. The molecule has 0 aromatic carbocycles. The quantitative estimate of drug-likeness (QED) is 0.606. The van der Waals surface area contributed by atoms with E-state index in [1.165, 1.54) is 18.4 Å². The molecule has 4 unspecified atom stereocenters. The van der Waals surface area contributed by atoms with Crippen LogP contribution in [0.25, 0.3) is 0 Å². The molecule has 0 radical (unpaired) electrons. The van der Waals surface area contributed by atoms with E-state index in [4.69, 9.17) is 11.5 Å². The molecule has 0 aliphatic heterocycles. The number of hydrogen-bond acceptors (Lipinski definition) is 2. The normalized spacial score (nSPS) is 18.5. The van der Waals surface area contributed by atoms with Crippen LogP contribution < -0.4 is 11.5 Å². The predicted molar refractivity (Wildman–Crippen MR) is 77.9 cm³/mol. The highest BCUT2D eigenvalue weighted by molar-refractivity contribution is 5.06. The minimum absolute atomic E-state index is 0.133. The molecule has 0 fully saturated rings. The maximum absolute atomic E-state index is 6.18. The Labute approximate surface area is 108 Å². The van der Waals surface area contributed by atoms with Gasteiger partial charge >= 0.3 is 0 Å². The number of nitrogens with two attached hydrogens (primary N) is 2. The highest BCUT2D eigenvalue weighted by atomic mass is 14.7. The second-order valence-corrected chi connectivity index (χ2v) is 5.54. The Morgan fingerprint density at radius 1 is 1.06 bits per heavy atom. The van der Waals surface area contributed by atoms with E-state index in [0.717, 1.165) is 19.3 Å². The molecule has 2 nitrogen and oxygen atoms in total. The summed E-state index contributed by atoms with van der Waals surface area (Å²) in [4.78, 5) is 0. The molecule has 0 aliphatic carbocycles. The van der Waals surface area contributed by atoms with Crippen LogP contribution in [0.4, 0.5) is 0 Å². The fourth-order valence-corrected chi connectivity index (χ4v) is 2.13. The van der Waals surface area contributed by atoms with Crippen molar-refractivity contribution in [3.8, 4) is 0 Å². The van der Waals surface area contributed by atoms with E-state index < -0.39 is 0 Å². The van der Waals surface area contributed by atoms with E-state index in [1.54, 1.807) is 0 Å². The maximum atomic E-state index is 6.18. The third-order valence-corrected chi connectivity index (χ3v) is 4.00. The van der Waals surface area contributed by atoms with E-state index in [1.807, 2.05) is 0 Å². The van der Waals surface area contributed by atoms with Crippen molar-refractivity contribution in [1.29, 1.82) is 0 Å². The number of hydrogen-bond donors (Lipinski definition) is 2. The van der Waals surface area contributed by atoms with Crippen LogP contribution in [-0.2, 0) is 0 Å². The van der Waals surface area contributed by atoms with Gasteiger partial charge in [0.1, 0.15) is 0 Å². The minimum atomic E-state index is 0.133. The van der Waals surface area contributed by atoms with E-state index in [9.17, 15) is 0 Å². The summed E-state index contributed by atoms with van der Waals surface area (Å²) in [5.41, 5.74) is 13.5. The van der Waals surface area contributed by atoms with E-state index >= 15 is 0 Å². The Kier molecular flexibility index (Phi) is 8.53. The zero-order valence-electron chi connectivity index (χ0n) is 12.2. The average molecular weight is 240 g/mol. The zero-order chi connectivity index (χ0) is 13.4. The molecule has 0 spiro atoms. The first-order valence-corrected chi connectivity index (χ1v) is 7.12. The van der Waals surface area contributed by atoms with Crippen LogP contribution in [0.3, 0.4) is 0 Å². The SMILES string of the molecule is C=C(CCC(N)C(C)CCC)C(N)C(C)CC. The lowest BCUT2D eigenvalue weighted by Gasteiger charge is -2.24. The van der Waals surface area contributed by atoms with Crippen molar-refractivity contribution >= 4 is 0 Å². The van der Waals surface area contributed by atoms with Crippen LogP contribution in [0.2, 0.25) is 0 Å². The lowest BCUT2D eigenvalue weighted by atomic mass is 9.88. The van der Waals surface area contributed by atoms with Gasteiger partial charge in [-0.05, 0) is 31.1 Å². The summed E-state index contributed by atoms with van der Waals surface area (Å²) in [6, 6.07) is 0.421. The maximum Gasteiger partial charge on any atom is 0.0276 e. The largest absolute Gasteiger partial charge is 0.327 e. The minimum Gasteiger partial charge on any atom is -0.327 e. The van der Waals surface area contributed by atoms with Gasteiger partial charge < -0.3 is 11.5 Å². The average Bonchev–Trinajstić information content (AvgIpc) is 2.33. The van der Waals surface area contributed by atoms with Crippen LogP contribution in [0.1, 0.15) is 59.8 Å². The summed E-state index contributed by atoms with van der Waals surface area (Å²) in [5, 5.41) is 0. The van der Waals surface area contributed by atoms with Crippen LogP contribution in [0.5, 0.6) is 0 Å². The summed E-state index contributed by atoms with van der Waals surface area (Å²) < 4.78 is 0. The highest BCUT2D eigenvalue weighted by Crippen LogP contribution is 2.19. The monoisotopic (exact) mass is 240 g/mol. The molecule has 0 aliphatic rings. The van der Waals surface area contributed by atoms with Crippen LogP contribution in [0, 0.1) is 11.8 Å². The molecule has 4 atom stereocenters. The summed E-state index contributed by atoms with van der Waals surface area (Å²) >= 11 is 0. The smallest absolute Gasteiger partial charge is 0.0276 e. The van der Waals surface area contributed by atoms with Crippen molar-refractivity contribution in [2.75, 3.05) is 0 Å². The molecule has 0 heterocycles. The third kappa shape index (κ3) is 6.23. The van der Waals surface area contributed by atoms with Gasteiger partial charge in [-0.2, -0.15) is 0 Å². The topological polar surface area (TPSA) is 52.0 Å². The van der Waals surface area contributed by atoms with Gasteiger partial charge in [0, 0.05) is 12.1 Å². The van der Waals surface area contributed by atoms with Gasteiger partial charge in [-0.15, -0.1) is 0 Å². The molecule has 0 bridgehead atoms. The van der Waals surface area contributed by atoms with Gasteiger partial charge in [0.2, 0.25) is 0 Å². The highest BCUT2D eigenvalue weighted by Gasteiger charge is 2.17. The lowest BCUT2D eigenvalue weighted by molar-refractivity contribution is 0.394. The molecule has 17 heavy (non-hydrogen) atoms. The van der Waals surface area contributed by atoms with Crippen molar-refractivity contribution in [1.82, 2.24) is 0 Å². The van der Waals surface area contributed by atoms with Crippen molar-refractivity contribution in [3.63, 3.8) is 0 Å². The molecule has 4 N–H and O–H groups in total. The Balaban J connectivity index is 3.98. The fourth-order valence-electron chi connectivity index (χ4n) is 2.13. The summed E-state index contributed by atoms with van der Waals surface area (Å²) in [7, 11) is 0. The van der Waals surface area contributed by atoms with Crippen LogP contribution >= 0.6 is 0 Å². The first-order valence-electron chi connectivity index (χ1n) is 7.12. The van der Waals surface area contributed by atoms with Crippen molar-refractivity contribution in [2.45, 2.75) is 71.9 Å². The van der Waals surface area contributed by atoms with Crippen molar-refractivity contribution in [3.05, 3.63) is 12.2 Å². The summed E-state index contributed by atoms with van der Waals surface area (Å²) in [6.07, 6.45) is 5.52. The van der Waals surface area contributed by atoms with Crippen LogP contribution in [-0.4, -0.2) is 12.1 Å². The molecule has 0 rings (SSSR count). The van der Waals surface area contributed by atoms with Crippen LogP contribution in [0.15, 0.2) is 12.2 Å². The fraction of sp³-hybridized carbons (Fsp3) is 0.867. The molecule has 2 heteroatoms. The van der Waals surface area contributed by atoms with Gasteiger partial charge in [-0.25, -0.2) is 0 Å².